The number of halogens is 1. The lowest BCUT2D eigenvalue weighted by atomic mass is 10.0. The molecule has 1 aromatic heterocycles. The second-order valence-corrected chi connectivity index (χ2v) is 5.23. The Morgan fingerprint density at radius 2 is 2.05 bits per heavy atom. The molecule has 0 saturated heterocycles. The highest BCUT2D eigenvalue weighted by Gasteiger charge is 2.11. The third-order valence-electron chi connectivity index (χ3n) is 3.32. The highest BCUT2D eigenvalue weighted by molar-refractivity contribution is 6.30. The predicted molar refractivity (Wildman–Crippen MR) is 79.3 cm³/mol. The van der Waals surface area contributed by atoms with Crippen molar-refractivity contribution in [3.8, 4) is 0 Å². The number of rotatable bonds is 6. The van der Waals surface area contributed by atoms with Crippen molar-refractivity contribution in [2.75, 3.05) is 0 Å². The van der Waals surface area contributed by atoms with Gasteiger partial charge in [-0.25, -0.2) is 0 Å². The van der Waals surface area contributed by atoms with Gasteiger partial charge in [-0.1, -0.05) is 37.1 Å². The van der Waals surface area contributed by atoms with Gasteiger partial charge in [0.2, 0.25) is 0 Å². The lowest BCUT2D eigenvalue weighted by molar-refractivity contribution is 0.493. The molecule has 3 nitrogen and oxygen atoms in total. The smallest absolute Gasteiger partial charge is 0.0535 e. The fraction of sp³-hybridized carbons (Fsp3) is 0.400. The molecule has 1 heterocycles. The molecular weight excluding hydrogens is 258 g/mol. The van der Waals surface area contributed by atoms with Gasteiger partial charge in [0.05, 0.1) is 6.20 Å². The molecule has 1 atom stereocenters. The molecule has 0 bridgehead atoms. The van der Waals surface area contributed by atoms with E-state index in [1.54, 1.807) is 0 Å². The SMILES string of the molecule is CCCC(NCc1cn[nH]c1C)c1ccc(Cl)cc1. The first-order valence-corrected chi connectivity index (χ1v) is 7.06. The normalized spacial score (nSPS) is 12.6. The van der Waals surface area contributed by atoms with Crippen molar-refractivity contribution in [1.29, 1.82) is 0 Å². The third-order valence-corrected chi connectivity index (χ3v) is 3.57. The molecule has 19 heavy (non-hydrogen) atoms. The number of benzene rings is 1. The standard InChI is InChI=1S/C15H20ClN3/c1-3-4-15(12-5-7-14(16)8-6-12)17-9-13-10-18-19-11(13)2/h5-8,10,15,17H,3-4,9H2,1-2H3,(H,18,19). The van der Waals surface area contributed by atoms with Crippen LogP contribution >= 0.6 is 11.6 Å². The van der Waals surface area contributed by atoms with E-state index >= 15 is 0 Å². The van der Waals surface area contributed by atoms with Crippen LogP contribution in [-0.4, -0.2) is 10.2 Å². The summed E-state index contributed by atoms with van der Waals surface area (Å²) in [6, 6.07) is 8.45. The monoisotopic (exact) mass is 277 g/mol. The molecule has 4 heteroatoms. The maximum absolute atomic E-state index is 5.94. The molecule has 2 aromatic rings. The highest BCUT2D eigenvalue weighted by Crippen LogP contribution is 2.21. The van der Waals surface area contributed by atoms with Gasteiger partial charge in [-0.2, -0.15) is 5.10 Å². The first kappa shape index (κ1) is 14.1. The van der Waals surface area contributed by atoms with Crippen LogP contribution in [0.25, 0.3) is 0 Å². The molecule has 2 N–H and O–H groups in total. The molecule has 0 aliphatic heterocycles. The van der Waals surface area contributed by atoms with E-state index in [9.17, 15) is 0 Å². The Balaban J connectivity index is 2.04. The quantitative estimate of drug-likeness (QED) is 0.838. The summed E-state index contributed by atoms with van der Waals surface area (Å²) < 4.78 is 0. The number of aromatic nitrogens is 2. The van der Waals surface area contributed by atoms with Crippen LogP contribution in [0.3, 0.4) is 0 Å². The largest absolute Gasteiger partial charge is 0.306 e. The molecule has 1 aromatic carbocycles. The fourth-order valence-electron chi connectivity index (χ4n) is 2.16. The van der Waals surface area contributed by atoms with Crippen LogP contribution in [0, 0.1) is 6.92 Å². The first-order chi connectivity index (χ1) is 9.20. The minimum atomic E-state index is 0.358. The van der Waals surface area contributed by atoms with E-state index in [2.05, 4.69) is 34.6 Å². The lowest BCUT2D eigenvalue weighted by Crippen LogP contribution is -2.21. The summed E-state index contributed by atoms with van der Waals surface area (Å²) in [5.41, 5.74) is 3.63. The van der Waals surface area contributed by atoms with E-state index in [-0.39, 0.29) is 0 Å². The van der Waals surface area contributed by atoms with E-state index < -0.39 is 0 Å². The molecule has 0 amide bonds. The fourth-order valence-corrected chi connectivity index (χ4v) is 2.28. The van der Waals surface area contributed by atoms with Gasteiger partial charge in [0.1, 0.15) is 0 Å². The van der Waals surface area contributed by atoms with Crippen LogP contribution in [0.4, 0.5) is 0 Å². The van der Waals surface area contributed by atoms with Crippen LogP contribution in [0.1, 0.15) is 42.6 Å². The zero-order valence-electron chi connectivity index (χ0n) is 11.4. The molecule has 2 rings (SSSR count). The van der Waals surface area contributed by atoms with Crippen molar-refractivity contribution in [3.05, 3.63) is 52.3 Å². The average Bonchev–Trinajstić information content (AvgIpc) is 2.81. The number of hydrogen-bond acceptors (Lipinski definition) is 2. The van der Waals surface area contributed by atoms with Crippen LogP contribution in [-0.2, 0) is 6.54 Å². The number of nitrogens with one attached hydrogen (secondary N) is 2. The topological polar surface area (TPSA) is 40.7 Å². The summed E-state index contributed by atoms with van der Waals surface area (Å²) >= 11 is 5.94. The number of aromatic amines is 1. The van der Waals surface area contributed by atoms with Crippen molar-refractivity contribution in [2.45, 2.75) is 39.3 Å². The Bertz CT molecular complexity index is 504. The van der Waals surface area contributed by atoms with Crippen molar-refractivity contribution >= 4 is 11.6 Å². The molecule has 1 unspecified atom stereocenters. The summed E-state index contributed by atoms with van der Waals surface area (Å²) in [4.78, 5) is 0. The first-order valence-electron chi connectivity index (χ1n) is 6.68. The predicted octanol–water partition coefficient (Wildman–Crippen LogP) is 4.00. The number of H-pyrrole nitrogens is 1. The Morgan fingerprint density at radius 1 is 1.32 bits per heavy atom. The molecule has 0 radical (unpaired) electrons. The van der Waals surface area contributed by atoms with Gasteiger partial charge in [0.25, 0.3) is 0 Å². The van der Waals surface area contributed by atoms with Crippen molar-refractivity contribution in [1.82, 2.24) is 15.5 Å². The Kier molecular flexibility index (Phi) is 5.00. The molecule has 0 aliphatic carbocycles. The van der Waals surface area contributed by atoms with Crippen LogP contribution < -0.4 is 5.32 Å². The lowest BCUT2D eigenvalue weighted by Gasteiger charge is -2.18. The molecule has 0 fully saturated rings. The van der Waals surface area contributed by atoms with Crippen molar-refractivity contribution in [3.63, 3.8) is 0 Å². The maximum atomic E-state index is 5.94. The zero-order chi connectivity index (χ0) is 13.7. The van der Waals surface area contributed by atoms with E-state index in [4.69, 9.17) is 11.6 Å². The Labute approximate surface area is 119 Å². The maximum Gasteiger partial charge on any atom is 0.0535 e. The van der Waals surface area contributed by atoms with E-state index in [0.29, 0.717) is 6.04 Å². The van der Waals surface area contributed by atoms with Gasteiger partial charge in [-0.3, -0.25) is 5.10 Å². The van der Waals surface area contributed by atoms with E-state index in [1.165, 1.54) is 11.1 Å². The van der Waals surface area contributed by atoms with E-state index in [1.807, 2.05) is 25.3 Å². The number of nitrogens with zero attached hydrogens (tertiary/aromatic N) is 1. The second kappa shape index (κ2) is 6.73. The van der Waals surface area contributed by atoms with Crippen LogP contribution in [0.5, 0.6) is 0 Å². The highest BCUT2D eigenvalue weighted by atomic mass is 35.5. The van der Waals surface area contributed by atoms with Gasteiger partial charge in [-0.05, 0) is 31.0 Å². The van der Waals surface area contributed by atoms with Crippen LogP contribution in [0.2, 0.25) is 5.02 Å². The van der Waals surface area contributed by atoms with E-state index in [0.717, 1.165) is 30.1 Å². The zero-order valence-corrected chi connectivity index (χ0v) is 12.2. The van der Waals surface area contributed by atoms with Gasteiger partial charge in [-0.15, -0.1) is 0 Å². The van der Waals surface area contributed by atoms with Crippen molar-refractivity contribution in [2.24, 2.45) is 0 Å². The molecule has 0 aliphatic rings. The number of hydrogen-bond donors (Lipinski definition) is 2. The summed E-state index contributed by atoms with van der Waals surface area (Å²) in [5, 5.41) is 11.4. The minimum absolute atomic E-state index is 0.358. The summed E-state index contributed by atoms with van der Waals surface area (Å²) in [7, 11) is 0. The Hall–Kier alpha value is -1.32. The second-order valence-electron chi connectivity index (χ2n) is 4.79. The molecule has 102 valence electrons. The Morgan fingerprint density at radius 3 is 2.63 bits per heavy atom. The van der Waals surface area contributed by atoms with Gasteiger partial charge >= 0.3 is 0 Å². The summed E-state index contributed by atoms with van der Waals surface area (Å²) in [5.74, 6) is 0. The summed E-state index contributed by atoms with van der Waals surface area (Å²) in [6.45, 7) is 5.07. The number of aryl methyl sites for hydroxylation is 1. The van der Waals surface area contributed by atoms with Gasteiger partial charge in [0.15, 0.2) is 0 Å². The van der Waals surface area contributed by atoms with Gasteiger partial charge in [0, 0.05) is 28.9 Å². The third kappa shape index (κ3) is 3.82. The van der Waals surface area contributed by atoms with Gasteiger partial charge < -0.3 is 5.32 Å². The minimum Gasteiger partial charge on any atom is -0.306 e. The average molecular weight is 278 g/mol. The summed E-state index contributed by atoms with van der Waals surface area (Å²) in [6.07, 6.45) is 4.14. The van der Waals surface area contributed by atoms with Crippen LogP contribution in [0.15, 0.2) is 30.5 Å². The van der Waals surface area contributed by atoms with Crippen molar-refractivity contribution < 1.29 is 0 Å². The molecular formula is C15H20ClN3. The molecule has 0 saturated carbocycles. The molecule has 0 spiro atoms.